The predicted molar refractivity (Wildman–Crippen MR) is 138 cm³/mol. The van der Waals surface area contributed by atoms with Crippen molar-refractivity contribution in [1.29, 1.82) is 0 Å². The highest BCUT2D eigenvalue weighted by molar-refractivity contribution is 6.30. The fourth-order valence-corrected chi connectivity index (χ4v) is 4.45. The minimum atomic E-state index is 0.000575. The van der Waals surface area contributed by atoms with Crippen molar-refractivity contribution in [3.05, 3.63) is 95.0 Å². The molecule has 6 nitrogen and oxygen atoms in total. The van der Waals surface area contributed by atoms with E-state index in [9.17, 15) is 4.79 Å². The van der Waals surface area contributed by atoms with Crippen LogP contribution in [0.25, 0.3) is 10.9 Å². The maximum Gasteiger partial charge on any atom is 0.254 e. The minimum absolute atomic E-state index is 0.000575. The molecule has 2 heterocycles. The van der Waals surface area contributed by atoms with Gasteiger partial charge in [-0.05, 0) is 42.8 Å². The van der Waals surface area contributed by atoms with Crippen LogP contribution in [0.2, 0.25) is 5.02 Å². The molecule has 0 spiro atoms. The molecule has 5 rings (SSSR count). The van der Waals surface area contributed by atoms with Gasteiger partial charge in [0.05, 0.1) is 5.52 Å². The van der Waals surface area contributed by atoms with Gasteiger partial charge in [0.1, 0.15) is 5.82 Å². The van der Waals surface area contributed by atoms with Gasteiger partial charge in [-0.2, -0.15) is 4.98 Å². The van der Waals surface area contributed by atoms with Crippen molar-refractivity contribution < 1.29 is 4.79 Å². The molecule has 4 aromatic rings. The molecule has 1 atom stereocenters. The number of aromatic nitrogens is 2. The summed E-state index contributed by atoms with van der Waals surface area (Å²) in [6, 6.07) is 25.6. The molecule has 34 heavy (non-hydrogen) atoms. The van der Waals surface area contributed by atoms with Crippen molar-refractivity contribution in [3.8, 4) is 0 Å². The summed E-state index contributed by atoms with van der Waals surface area (Å²) < 4.78 is 0. The van der Waals surface area contributed by atoms with Gasteiger partial charge in [0.25, 0.3) is 5.91 Å². The summed E-state index contributed by atoms with van der Waals surface area (Å²) >= 11 is 6.07. The second-order valence-electron chi connectivity index (χ2n) is 8.46. The highest BCUT2D eigenvalue weighted by Crippen LogP contribution is 2.27. The average Bonchev–Trinajstić information content (AvgIpc) is 2.89. The van der Waals surface area contributed by atoms with E-state index in [1.165, 1.54) is 5.56 Å². The summed E-state index contributed by atoms with van der Waals surface area (Å²) in [5.41, 5.74) is 2.71. The monoisotopic (exact) mass is 471 g/mol. The van der Waals surface area contributed by atoms with Crippen LogP contribution in [0, 0.1) is 0 Å². The van der Waals surface area contributed by atoms with E-state index in [2.05, 4.69) is 29.3 Å². The Morgan fingerprint density at radius 2 is 1.65 bits per heavy atom. The predicted octanol–water partition coefficient (Wildman–Crippen LogP) is 5.42. The third kappa shape index (κ3) is 4.68. The van der Waals surface area contributed by atoms with E-state index in [1.54, 1.807) is 24.3 Å². The maximum absolute atomic E-state index is 12.9. The van der Waals surface area contributed by atoms with E-state index >= 15 is 0 Å². The normalized spacial score (nSPS) is 14.8. The van der Waals surface area contributed by atoms with Gasteiger partial charge in [0.2, 0.25) is 5.95 Å². The molecular weight excluding hydrogens is 446 g/mol. The largest absolute Gasteiger partial charge is 0.363 e. The molecule has 3 aromatic carbocycles. The van der Waals surface area contributed by atoms with Gasteiger partial charge in [-0.25, -0.2) is 4.98 Å². The van der Waals surface area contributed by atoms with Crippen molar-refractivity contribution in [3.63, 3.8) is 0 Å². The Morgan fingerprint density at radius 1 is 0.912 bits per heavy atom. The summed E-state index contributed by atoms with van der Waals surface area (Å²) in [5.74, 6) is 1.49. The van der Waals surface area contributed by atoms with Crippen LogP contribution in [0.1, 0.15) is 28.9 Å². The van der Waals surface area contributed by atoms with E-state index in [0.29, 0.717) is 42.7 Å². The molecule has 1 aliphatic rings. The number of carbonyl (C=O) groups excluding carboxylic acids is 1. The Bertz CT molecular complexity index is 1300. The van der Waals surface area contributed by atoms with Crippen LogP contribution in [-0.2, 0) is 0 Å². The molecule has 1 aromatic heterocycles. The zero-order valence-corrected chi connectivity index (χ0v) is 19.7. The lowest BCUT2D eigenvalue weighted by molar-refractivity contribution is 0.0746. The second kappa shape index (κ2) is 9.69. The van der Waals surface area contributed by atoms with Crippen molar-refractivity contribution in [2.45, 2.75) is 13.0 Å². The van der Waals surface area contributed by atoms with E-state index in [1.807, 2.05) is 47.4 Å². The van der Waals surface area contributed by atoms with Crippen molar-refractivity contribution >= 4 is 40.2 Å². The smallest absolute Gasteiger partial charge is 0.254 e. The molecule has 7 heteroatoms. The van der Waals surface area contributed by atoms with Gasteiger partial charge in [0.15, 0.2) is 0 Å². The van der Waals surface area contributed by atoms with E-state index < -0.39 is 0 Å². The molecule has 1 amide bonds. The minimum Gasteiger partial charge on any atom is -0.363 e. The fraction of sp³-hybridized carbons (Fsp3) is 0.222. The molecule has 172 valence electrons. The van der Waals surface area contributed by atoms with E-state index in [0.717, 1.165) is 16.7 Å². The summed E-state index contributed by atoms with van der Waals surface area (Å²) in [6.45, 7) is 4.66. The van der Waals surface area contributed by atoms with Gasteiger partial charge in [-0.3, -0.25) is 4.79 Å². The lowest BCUT2D eigenvalue weighted by Gasteiger charge is -2.35. The standard InChI is InChI=1S/C27H26ClN5O/c1-19(20-8-3-2-4-9-20)29-25-23-12-5-6-13-24(23)30-27(31-25)33-16-14-32(15-17-33)26(34)21-10-7-11-22(28)18-21/h2-13,18-19H,14-17H2,1H3,(H,29,30,31). The number of nitrogens with zero attached hydrogens (tertiary/aromatic N) is 4. The topological polar surface area (TPSA) is 61.4 Å². The van der Waals surface area contributed by atoms with Crippen LogP contribution in [0.3, 0.4) is 0 Å². The number of nitrogens with one attached hydrogen (secondary N) is 1. The summed E-state index contributed by atoms with van der Waals surface area (Å²) in [7, 11) is 0. The Labute approximate surface area is 204 Å². The zero-order valence-electron chi connectivity index (χ0n) is 19.0. The number of benzene rings is 3. The van der Waals surface area contributed by atoms with E-state index in [-0.39, 0.29) is 11.9 Å². The number of fused-ring (bicyclic) bond motifs is 1. The lowest BCUT2D eigenvalue weighted by atomic mass is 10.1. The molecular formula is C27H26ClN5O. The summed E-state index contributed by atoms with van der Waals surface area (Å²) in [4.78, 5) is 26.6. The molecule has 0 aliphatic carbocycles. The third-order valence-corrected chi connectivity index (χ3v) is 6.40. The molecule has 1 aliphatic heterocycles. The third-order valence-electron chi connectivity index (χ3n) is 6.17. The fourth-order valence-electron chi connectivity index (χ4n) is 4.26. The Hall–Kier alpha value is -3.64. The number of halogens is 1. The number of carbonyl (C=O) groups is 1. The van der Waals surface area contributed by atoms with Crippen LogP contribution in [0.4, 0.5) is 11.8 Å². The molecule has 0 bridgehead atoms. The van der Waals surface area contributed by atoms with Crippen molar-refractivity contribution in [2.75, 3.05) is 36.4 Å². The summed E-state index contributed by atoms with van der Waals surface area (Å²) in [5, 5.41) is 5.14. The van der Waals surface area contributed by atoms with Gasteiger partial charge < -0.3 is 15.1 Å². The zero-order chi connectivity index (χ0) is 23.5. The average molecular weight is 472 g/mol. The van der Waals surface area contributed by atoms with Crippen LogP contribution in [0.15, 0.2) is 78.9 Å². The number of rotatable bonds is 5. The number of anilines is 2. The van der Waals surface area contributed by atoms with Crippen LogP contribution in [-0.4, -0.2) is 47.0 Å². The highest BCUT2D eigenvalue weighted by Gasteiger charge is 2.24. The van der Waals surface area contributed by atoms with Crippen LogP contribution in [0.5, 0.6) is 0 Å². The first kappa shape index (κ1) is 22.2. The molecule has 1 saturated heterocycles. The quantitative estimate of drug-likeness (QED) is 0.421. The number of piperazine rings is 1. The highest BCUT2D eigenvalue weighted by atomic mass is 35.5. The molecule has 1 fully saturated rings. The Kier molecular flexibility index (Phi) is 6.32. The van der Waals surface area contributed by atoms with Crippen LogP contribution < -0.4 is 10.2 Å². The van der Waals surface area contributed by atoms with Gasteiger partial charge >= 0.3 is 0 Å². The first-order valence-electron chi connectivity index (χ1n) is 11.5. The summed E-state index contributed by atoms with van der Waals surface area (Å²) in [6.07, 6.45) is 0. The number of amides is 1. The molecule has 0 radical (unpaired) electrons. The second-order valence-corrected chi connectivity index (χ2v) is 8.89. The molecule has 0 saturated carbocycles. The maximum atomic E-state index is 12.9. The number of hydrogen-bond acceptors (Lipinski definition) is 5. The van der Waals surface area contributed by atoms with Crippen molar-refractivity contribution in [1.82, 2.24) is 14.9 Å². The Balaban J connectivity index is 1.35. The molecule has 1 N–H and O–H groups in total. The molecule has 1 unspecified atom stereocenters. The van der Waals surface area contributed by atoms with Gasteiger partial charge in [0, 0.05) is 48.2 Å². The number of para-hydroxylation sites is 1. The first-order chi connectivity index (χ1) is 16.6. The Morgan fingerprint density at radius 3 is 2.41 bits per heavy atom. The van der Waals surface area contributed by atoms with Gasteiger partial charge in [-0.15, -0.1) is 0 Å². The van der Waals surface area contributed by atoms with E-state index in [4.69, 9.17) is 21.6 Å². The van der Waals surface area contributed by atoms with Crippen molar-refractivity contribution in [2.24, 2.45) is 0 Å². The van der Waals surface area contributed by atoms with Gasteiger partial charge in [-0.1, -0.05) is 60.1 Å². The number of hydrogen-bond donors (Lipinski definition) is 1. The first-order valence-corrected chi connectivity index (χ1v) is 11.8. The van der Waals surface area contributed by atoms with Crippen LogP contribution >= 0.6 is 11.6 Å². The SMILES string of the molecule is CC(Nc1nc(N2CCN(C(=O)c3cccc(Cl)c3)CC2)nc2ccccc12)c1ccccc1. The lowest BCUT2D eigenvalue weighted by Crippen LogP contribution is -2.49.